The fraction of sp³-hybridized carbons (Fsp3) is 0.929. The normalized spacial score (nSPS) is 11.0. The van der Waals surface area contributed by atoms with Gasteiger partial charge in [0.1, 0.15) is 5.78 Å². The van der Waals surface area contributed by atoms with Crippen LogP contribution in [-0.2, 0) is 28.6 Å². The number of Topliss-reactive ketones (excluding diaryl/α,β-unsaturated/α-hetero) is 1. The molecule has 0 spiro atoms. The molecule has 21 heavy (non-hydrogen) atoms. The first-order chi connectivity index (χ1) is 10.3. The van der Waals surface area contributed by atoms with Gasteiger partial charge in [0.05, 0.1) is 59.5 Å². The van der Waals surface area contributed by atoms with Crippen LogP contribution >= 0.6 is 0 Å². The molecule has 0 saturated heterocycles. The SMILES string of the molecule is CCCC(=O)CCOCCOCCOCCOCCON. The Morgan fingerprint density at radius 2 is 1.14 bits per heavy atom. The summed E-state index contributed by atoms with van der Waals surface area (Å²) in [6.45, 7) is 6.40. The number of ether oxygens (including phenoxy) is 4. The Labute approximate surface area is 127 Å². The maximum absolute atomic E-state index is 11.2. The van der Waals surface area contributed by atoms with E-state index in [4.69, 9.17) is 24.8 Å². The van der Waals surface area contributed by atoms with Crippen molar-refractivity contribution in [3.63, 3.8) is 0 Å². The van der Waals surface area contributed by atoms with Crippen molar-refractivity contribution in [3.05, 3.63) is 0 Å². The predicted molar refractivity (Wildman–Crippen MR) is 77.9 cm³/mol. The van der Waals surface area contributed by atoms with Crippen molar-refractivity contribution in [2.75, 3.05) is 59.5 Å². The fourth-order valence-corrected chi connectivity index (χ4v) is 1.46. The molecule has 126 valence electrons. The van der Waals surface area contributed by atoms with E-state index in [0.29, 0.717) is 72.3 Å². The first-order valence-electron chi connectivity index (χ1n) is 7.45. The van der Waals surface area contributed by atoms with Crippen molar-refractivity contribution in [3.8, 4) is 0 Å². The topological polar surface area (TPSA) is 89.2 Å². The molecule has 0 heterocycles. The van der Waals surface area contributed by atoms with Gasteiger partial charge in [0.15, 0.2) is 0 Å². The molecule has 0 aliphatic rings. The number of ketones is 1. The average Bonchev–Trinajstić information content (AvgIpc) is 2.48. The highest BCUT2D eigenvalue weighted by molar-refractivity contribution is 5.78. The van der Waals surface area contributed by atoms with Crippen molar-refractivity contribution in [1.29, 1.82) is 0 Å². The molecule has 0 saturated carbocycles. The molecule has 7 heteroatoms. The second-order valence-electron chi connectivity index (χ2n) is 4.36. The van der Waals surface area contributed by atoms with E-state index in [9.17, 15) is 4.79 Å². The third-order valence-electron chi connectivity index (χ3n) is 2.52. The van der Waals surface area contributed by atoms with E-state index in [-0.39, 0.29) is 5.78 Å². The van der Waals surface area contributed by atoms with Crippen molar-refractivity contribution in [1.82, 2.24) is 0 Å². The van der Waals surface area contributed by atoms with Gasteiger partial charge in [0, 0.05) is 12.8 Å². The highest BCUT2D eigenvalue weighted by Gasteiger charge is 1.99. The number of hydrogen-bond donors (Lipinski definition) is 1. The van der Waals surface area contributed by atoms with Crippen molar-refractivity contribution >= 4 is 5.78 Å². The van der Waals surface area contributed by atoms with Crippen LogP contribution in [-0.4, -0.2) is 65.2 Å². The molecule has 0 unspecified atom stereocenters. The van der Waals surface area contributed by atoms with Crippen molar-refractivity contribution in [2.24, 2.45) is 5.90 Å². The molecule has 0 aromatic carbocycles. The molecule has 2 N–H and O–H groups in total. The summed E-state index contributed by atoms with van der Waals surface area (Å²) in [4.78, 5) is 15.6. The Hall–Kier alpha value is -0.570. The number of nitrogens with two attached hydrogens (primary N) is 1. The van der Waals surface area contributed by atoms with Gasteiger partial charge in [0.25, 0.3) is 0 Å². The lowest BCUT2D eigenvalue weighted by molar-refractivity contribution is -0.120. The van der Waals surface area contributed by atoms with Crippen molar-refractivity contribution < 1.29 is 28.6 Å². The Bertz CT molecular complexity index is 228. The standard InChI is InChI=1S/C14H29NO6/c1-2-3-14(16)4-5-17-6-7-18-8-9-19-10-11-20-12-13-21-15/h2-13,15H2,1H3. The lowest BCUT2D eigenvalue weighted by Crippen LogP contribution is -2.14. The van der Waals surface area contributed by atoms with Gasteiger partial charge < -0.3 is 23.8 Å². The highest BCUT2D eigenvalue weighted by atomic mass is 16.6. The monoisotopic (exact) mass is 307 g/mol. The first-order valence-corrected chi connectivity index (χ1v) is 7.45. The van der Waals surface area contributed by atoms with E-state index in [1.807, 2.05) is 6.92 Å². The molecule has 0 aromatic rings. The zero-order valence-corrected chi connectivity index (χ0v) is 13.0. The molecule has 0 amide bonds. The van der Waals surface area contributed by atoms with E-state index < -0.39 is 0 Å². The van der Waals surface area contributed by atoms with Gasteiger partial charge in [-0.05, 0) is 6.42 Å². The third-order valence-corrected chi connectivity index (χ3v) is 2.52. The largest absolute Gasteiger partial charge is 0.379 e. The molecule has 0 atom stereocenters. The third kappa shape index (κ3) is 17.4. The second kappa shape index (κ2) is 17.5. The van der Waals surface area contributed by atoms with Gasteiger partial charge in [0.2, 0.25) is 0 Å². The molecule has 0 fully saturated rings. The predicted octanol–water partition coefficient (Wildman–Crippen LogP) is 0.702. The minimum absolute atomic E-state index is 0.257. The Balaban J connectivity index is 3.01. The van der Waals surface area contributed by atoms with E-state index in [1.54, 1.807) is 0 Å². The molecular formula is C14H29NO6. The summed E-state index contributed by atoms with van der Waals surface area (Å²) >= 11 is 0. The van der Waals surface area contributed by atoms with Gasteiger partial charge in [-0.15, -0.1) is 0 Å². The van der Waals surface area contributed by atoms with E-state index in [1.165, 1.54) is 0 Å². The quantitative estimate of drug-likeness (QED) is 0.312. The molecular weight excluding hydrogens is 278 g/mol. The lowest BCUT2D eigenvalue weighted by atomic mass is 10.2. The molecule has 0 radical (unpaired) electrons. The Morgan fingerprint density at radius 3 is 1.57 bits per heavy atom. The molecule has 0 aromatic heterocycles. The molecule has 7 nitrogen and oxygen atoms in total. The van der Waals surface area contributed by atoms with Crippen LogP contribution in [0.1, 0.15) is 26.2 Å². The van der Waals surface area contributed by atoms with E-state index >= 15 is 0 Å². The Morgan fingerprint density at radius 1 is 0.714 bits per heavy atom. The number of hydrogen-bond acceptors (Lipinski definition) is 7. The summed E-state index contributed by atoms with van der Waals surface area (Å²) in [6, 6.07) is 0. The zero-order valence-electron chi connectivity index (χ0n) is 13.0. The van der Waals surface area contributed by atoms with Crippen LogP contribution in [0, 0.1) is 0 Å². The average molecular weight is 307 g/mol. The smallest absolute Gasteiger partial charge is 0.135 e. The number of carbonyl (C=O) groups is 1. The maximum atomic E-state index is 11.2. The van der Waals surface area contributed by atoms with Gasteiger partial charge in [-0.1, -0.05) is 6.92 Å². The van der Waals surface area contributed by atoms with Crippen LogP contribution in [0.4, 0.5) is 0 Å². The Kier molecular flexibility index (Phi) is 17.0. The van der Waals surface area contributed by atoms with E-state index in [0.717, 1.165) is 6.42 Å². The van der Waals surface area contributed by atoms with Crippen LogP contribution in [0.25, 0.3) is 0 Å². The van der Waals surface area contributed by atoms with E-state index in [2.05, 4.69) is 4.84 Å². The summed E-state index contributed by atoms with van der Waals surface area (Å²) in [5.41, 5.74) is 0. The minimum Gasteiger partial charge on any atom is -0.379 e. The summed E-state index contributed by atoms with van der Waals surface area (Å²) in [6.07, 6.45) is 2.03. The highest BCUT2D eigenvalue weighted by Crippen LogP contribution is 1.94. The molecule has 0 aliphatic heterocycles. The molecule has 0 aliphatic carbocycles. The van der Waals surface area contributed by atoms with Gasteiger partial charge in [-0.25, -0.2) is 5.90 Å². The van der Waals surface area contributed by atoms with Crippen molar-refractivity contribution in [2.45, 2.75) is 26.2 Å². The summed E-state index contributed by atoms with van der Waals surface area (Å²) in [5, 5.41) is 0. The minimum atomic E-state index is 0.257. The van der Waals surface area contributed by atoms with Gasteiger partial charge in [-0.2, -0.15) is 0 Å². The summed E-state index contributed by atoms with van der Waals surface area (Å²) < 4.78 is 21.1. The number of rotatable bonds is 17. The van der Waals surface area contributed by atoms with Gasteiger partial charge >= 0.3 is 0 Å². The lowest BCUT2D eigenvalue weighted by Gasteiger charge is -2.07. The fourth-order valence-electron chi connectivity index (χ4n) is 1.46. The van der Waals surface area contributed by atoms with Crippen LogP contribution < -0.4 is 5.90 Å². The van der Waals surface area contributed by atoms with Crippen LogP contribution in [0.5, 0.6) is 0 Å². The molecule has 0 rings (SSSR count). The van der Waals surface area contributed by atoms with Crippen LogP contribution in [0.2, 0.25) is 0 Å². The molecule has 0 bridgehead atoms. The van der Waals surface area contributed by atoms with Gasteiger partial charge in [-0.3, -0.25) is 4.79 Å². The maximum Gasteiger partial charge on any atom is 0.135 e. The summed E-state index contributed by atoms with van der Waals surface area (Å²) in [7, 11) is 0. The second-order valence-corrected chi connectivity index (χ2v) is 4.36. The van der Waals surface area contributed by atoms with Crippen LogP contribution in [0.3, 0.4) is 0 Å². The number of carbonyl (C=O) groups excluding carboxylic acids is 1. The summed E-state index contributed by atoms with van der Waals surface area (Å²) in [5.74, 6) is 5.10. The van der Waals surface area contributed by atoms with Crippen LogP contribution in [0.15, 0.2) is 0 Å². The zero-order chi connectivity index (χ0) is 15.6. The first kappa shape index (κ1) is 20.4.